The van der Waals surface area contributed by atoms with Crippen LogP contribution in [0.1, 0.15) is 51.1 Å². The summed E-state index contributed by atoms with van der Waals surface area (Å²) < 4.78 is 16.1. The van der Waals surface area contributed by atoms with Crippen molar-refractivity contribution in [2.24, 2.45) is 9.98 Å². The van der Waals surface area contributed by atoms with Crippen molar-refractivity contribution in [2.75, 3.05) is 26.2 Å². The van der Waals surface area contributed by atoms with Crippen molar-refractivity contribution in [1.29, 1.82) is 0 Å². The molecule has 1 saturated heterocycles. The molecule has 9 heteroatoms. The van der Waals surface area contributed by atoms with Crippen LogP contribution >= 0.6 is 0 Å². The van der Waals surface area contributed by atoms with E-state index in [2.05, 4.69) is 49.2 Å². The van der Waals surface area contributed by atoms with Crippen molar-refractivity contribution in [1.82, 2.24) is 19.7 Å². The Kier molecular flexibility index (Phi) is 5.58. The molecule has 0 saturated carbocycles. The molecule has 2 unspecified atom stereocenters. The van der Waals surface area contributed by atoms with Crippen LogP contribution in [-0.4, -0.2) is 68.7 Å². The van der Waals surface area contributed by atoms with Gasteiger partial charge in [-0.3, -0.25) is 19.7 Å². The molecule has 3 aromatic rings. The minimum absolute atomic E-state index is 0.0582. The molecular weight excluding hydrogens is 447 g/mol. The maximum Gasteiger partial charge on any atom is 0.185 e. The number of carbonyl (C=O) groups is 1. The summed E-state index contributed by atoms with van der Waals surface area (Å²) in [6.45, 7) is 3.32. The number of aromatic nitrogens is 3. The van der Waals surface area contributed by atoms with E-state index in [1.807, 2.05) is 0 Å². The molecule has 1 N–H and O–H groups in total. The first-order valence-electron chi connectivity index (χ1n) is 11.9. The zero-order valence-electron chi connectivity index (χ0n) is 19.1. The summed E-state index contributed by atoms with van der Waals surface area (Å²) in [6, 6.07) is 11.1. The van der Waals surface area contributed by atoms with E-state index in [1.54, 1.807) is 10.9 Å². The van der Waals surface area contributed by atoms with Gasteiger partial charge in [-0.05, 0) is 36.7 Å². The Balaban J connectivity index is 1.48. The van der Waals surface area contributed by atoms with Crippen LogP contribution in [0.4, 0.5) is 10.1 Å². The first-order valence-corrected chi connectivity index (χ1v) is 11.9. The second kappa shape index (κ2) is 8.90. The number of rotatable bonds is 6. The number of ketones is 1. The maximum atomic E-state index is 14.4. The fourth-order valence-electron chi connectivity index (χ4n) is 5.16. The van der Waals surface area contributed by atoms with E-state index in [9.17, 15) is 14.3 Å². The van der Waals surface area contributed by atoms with Crippen LogP contribution < -0.4 is 0 Å². The minimum atomic E-state index is -0.501. The first-order chi connectivity index (χ1) is 17.1. The van der Waals surface area contributed by atoms with Crippen molar-refractivity contribution in [3.8, 4) is 0 Å². The molecule has 178 valence electrons. The molecule has 0 bridgehead atoms. The van der Waals surface area contributed by atoms with Gasteiger partial charge in [0.1, 0.15) is 24.5 Å². The molecule has 2 aromatic carbocycles. The van der Waals surface area contributed by atoms with Gasteiger partial charge in [-0.1, -0.05) is 24.3 Å². The number of carbonyl (C=O) groups excluding carboxylic acids is 1. The summed E-state index contributed by atoms with van der Waals surface area (Å²) >= 11 is 0. The van der Waals surface area contributed by atoms with Gasteiger partial charge in [0.25, 0.3) is 0 Å². The molecule has 6 rings (SSSR count). The maximum absolute atomic E-state index is 14.4. The van der Waals surface area contributed by atoms with Crippen LogP contribution in [0.5, 0.6) is 0 Å². The molecule has 0 aliphatic carbocycles. The lowest BCUT2D eigenvalue weighted by atomic mass is 9.78. The molecule has 1 aromatic heterocycles. The van der Waals surface area contributed by atoms with Crippen molar-refractivity contribution in [2.45, 2.75) is 31.3 Å². The normalized spacial score (nSPS) is 21.3. The highest BCUT2D eigenvalue weighted by atomic mass is 19.1. The average molecular weight is 473 g/mol. The van der Waals surface area contributed by atoms with Crippen molar-refractivity contribution in [3.63, 3.8) is 0 Å². The number of Topliss-reactive ketones (excluding diaryl/α,β-unsaturated/α-hetero) is 1. The predicted molar refractivity (Wildman–Crippen MR) is 129 cm³/mol. The minimum Gasteiger partial charge on any atom is -0.394 e. The molecule has 0 amide bonds. The van der Waals surface area contributed by atoms with Gasteiger partial charge >= 0.3 is 0 Å². The van der Waals surface area contributed by atoms with E-state index in [-0.39, 0.29) is 31.4 Å². The van der Waals surface area contributed by atoms with Gasteiger partial charge in [-0.2, -0.15) is 5.10 Å². The highest BCUT2D eigenvalue weighted by Gasteiger charge is 2.39. The van der Waals surface area contributed by atoms with Gasteiger partial charge in [-0.15, -0.1) is 0 Å². The lowest BCUT2D eigenvalue weighted by molar-refractivity contribution is 0.0999. The molecule has 4 heterocycles. The molecule has 35 heavy (non-hydrogen) atoms. The van der Waals surface area contributed by atoms with Crippen molar-refractivity contribution >= 4 is 23.4 Å². The van der Waals surface area contributed by atoms with Crippen LogP contribution in [0.3, 0.4) is 0 Å². The number of aliphatic hydroxyl groups is 1. The number of halogens is 1. The van der Waals surface area contributed by atoms with Crippen molar-refractivity contribution < 1.29 is 14.3 Å². The lowest BCUT2D eigenvalue weighted by Crippen LogP contribution is -2.36. The summed E-state index contributed by atoms with van der Waals surface area (Å²) in [5.74, 6) is -0.794. The van der Waals surface area contributed by atoms with E-state index < -0.39 is 11.7 Å². The molecule has 2 atom stereocenters. The number of benzene rings is 2. The molecule has 1 fully saturated rings. The Hall–Kier alpha value is -3.56. The molecule has 3 aliphatic heterocycles. The van der Waals surface area contributed by atoms with Crippen LogP contribution in [0.25, 0.3) is 0 Å². The topological polar surface area (TPSA) is 96.0 Å². The van der Waals surface area contributed by atoms with Gasteiger partial charge in [0.2, 0.25) is 0 Å². The zero-order chi connectivity index (χ0) is 23.9. The monoisotopic (exact) mass is 472 g/mol. The fraction of sp³-hybridized carbons (Fsp3) is 0.346. The Morgan fingerprint density at radius 1 is 1.14 bits per heavy atom. The fourth-order valence-corrected chi connectivity index (χ4v) is 5.16. The van der Waals surface area contributed by atoms with Gasteiger partial charge in [0.15, 0.2) is 5.78 Å². The summed E-state index contributed by atoms with van der Waals surface area (Å²) in [5.41, 5.74) is 4.15. The third-order valence-corrected chi connectivity index (χ3v) is 7.01. The van der Waals surface area contributed by atoms with Crippen molar-refractivity contribution in [3.05, 3.63) is 76.6 Å². The van der Waals surface area contributed by atoms with E-state index in [1.165, 1.54) is 30.4 Å². The molecule has 0 spiro atoms. The highest BCUT2D eigenvalue weighted by molar-refractivity contribution is 6.21. The van der Waals surface area contributed by atoms with Gasteiger partial charge in [0, 0.05) is 35.9 Å². The highest BCUT2D eigenvalue weighted by Crippen LogP contribution is 2.42. The smallest absolute Gasteiger partial charge is 0.185 e. The summed E-state index contributed by atoms with van der Waals surface area (Å²) in [6.07, 6.45) is 4.51. The van der Waals surface area contributed by atoms with Gasteiger partial charge < -0.3 is 5.11 Å². The summed E-state index contributed by atoms with van der Waals surface area (Å²) in [4.78, 5) is 28.9. The lowest BCUT2D eigenvalue weighted by Gasteiger charge is -2.31. The Labute approximate surface area is 201 Å². The third-order valence-electron chi connectivity index (χ3n) is 7.01. The number of hydrogen-bond acceptors (Lipinski definition) is 7. The van der Waals surface area contributed by atoms with Gasteiger partial charge in [-0.25, -0.2) is 14.1 Å². The van der Waals surface area contributed by atoms with Crippen LogP contribution in [-0.2, 0) is 13.1 Å². The number of nitrogens with zero attached hydrogens (tertiary/aromatic N) is 6. The van der Waals surface area contributed by atoms with Crippen LogP contribution in [0, 0.1) is 5.82 Å². The predicted octanol–water partition coefficient (Wildman–Crippen LogP) is 2.88. The second-order valence-electron chi connectivity index (χ2n) is 9.19. The Bertz CT molecular complexity index is 1340. The van der Waals surface area contributed by atoms with E-state index >= 15 is 0 Å². The van der Waals surface area contributed by atoms with Crippen LogP contribution in [0.2, 0.25) is 0 Å². The second-order valence-corrected chi connectivity index (χ2v) is 9.19. The molecule has 3 aliphatic rings. The molecule has 0 radical (unpaired) electrons. The molecule has 8 nitrogen and oxygen atoms in total. The average Bonchev–Trinajstić information content (AvgIpc) is 3.21. The number of hydrogen-bond donors (Lipinski definition) is 1. The Morgan fingerprint density at radius 3 is 2.71 bits per heavy atom. The number of aliphatic imine (C=N–C) groups is 2. The zero-order valence-corrected chi connectivity index (χ0v) is 19.1. The molecular formula is C26H25FN6O2. The number of aliphatic hydroxyl groups excluding tert-OH is 1. The first kappa shape index (κ1) is 21.9. The van der Waals surface area contributed by atoms with Gasteiger partial charge in [0.05, 0.1) is 30.5 Å². The summed E-state index contributed by atoms with van der Waals surface area (Å²) in [5, 5.41) is 13.9. The van der Waals surface area contributed by atoms with E-state index in [4.69, 9.17) is 0 Å². The summed E-state index contributed by atoms with van der Waals surface area (Å²) in [7, 11) is 0. The standard InChI is InChI=1S/C26H25FN6O2/c27-18-10-19-22(35)13-29-25-23(19)21(11-18)28-12-20(24(25)26-30-15-31-33(26)8-9-34)17-4-2-16(3-5-17)14-32-6-1-7-32/h2-5,10-12,15,20,24,34H,1,6-9,13-14H2. The number of likely N-dealkylation sites (tertiary alicyclic amines) is 1. The quantitative estimate of drug-likeness (QED) is 0.595. The van der Waals surface area contributed by atoms with Crippen LogP contribution in [0.15, 0.2) is 52.7 Å². The third kappa shape index (κ3) is 3.90. The van der Waals surface area contributed by atoms with E-state index in [0.717, 1.165) is 25.2 Å². The largest absolute Gasteiger partial charge is 0.394 e. The Morgan fingerprint density at radius 2 is 1.97 bits per heavy atom. The van der Waals surface area contributed by atoms with E-state index in [0.29, 0.717) is 28.4 Å². The SMILES string of the molecule is O=C1CN=C2c3c(cc(F)cc31)N=CC(c1ccc(CN3CCC3)cc1)C2c1ncnn1CCO.